The number of hydrogen-bond acceptors (Lipinski definition) is 2. The quantitative estimate of drug-likeness (QED) is 0.272. The van der Waals surface area contributed by atoms with E-state index in [1.165, 1.54) is 16.3 Å². The van der Waals surface area contributed by atoms with Crippen LogP contribution in [0.2, 0.25) is 5.02 Å². The van der Waals surface area contributed by atoms with E-state index in [1.807, 2.05) is 36.4 Å². The van der Waals surface area contributed by atoms with Crippen LogP contribution >= 0.6 is 11.6 Å². The van der Waals surface area contributed by atoms with Gasteiger partial charge in [-0.25, -0.2) is 0 Å². The van der Waals surface area contributed by atoms with Crippen molar-refractivity contribution in [2.45, 2.75) is 0 Å². The molecular formula is C28H21ClO2. The van der Waals surface area contributed by atoms with Crippen LogP contribution < -0.4 is 9.47 Å². The summed E-state index contributed by atoms with van der Waals surface area (Å²) in [5, 5.41) is 5.28. The molecule has 0 bridgehead atoms. The summed E-state index contributed by atoms with van der Waals surface area (Å²) in [4.78, 5) is 0. The molecule has 31 heavy (non-hydrogen) atoms. The topological polar surface area (TPSA) is 18.5 Å². The fourth-order valence-electron chi connectivity index (χ4n) is 4.31. The molecule has 0 aliphatic rings. The summed E-state index contributed by atoms with van der Waals surface area (Å²) in [6, 6.07) is 31.0. The summed E-state index contributed by atoms with van der Waals surface area (Å²) in [5.41, 5.74) is 4.55. The summed E-state index contributed by atoms with van der Waals surface area (Å²) in [6.45, 7) is 0. The van der Waals surface area contributed by atoms with Gasteiger partial charge in [-0.3, -0.25) is 0 Å². The van der Waals surface area contributed by atoms with Crippen LogP contribution in [-0.4, -0.2) is 14.2 Å². The minimum absolute atomic E-state index is 0.740. The van der Waals surface area contributed by atoms with Crippen molar-refractivity contribution < 1.29 is 9.47 Å². The van der Waals surface area contributed by atoms with Crippen molar-refractivity contribution in [1.29, 1.82) is 0 Å². The largest absolute Gasteiger partial charge is 0.497 e. The SMILES string of the molecule is COc1ccc(-c2c3ccccc3c(-c3ccc(OC)cc3)c3c(Cl)cccc23)cc1. The Labute approximate surface area is 186 Å². The average Bonchev–Trinajstić information content (AvgIpc) is 2.83. The molecule has 0 saturated carbocycles. The van der Waals surface area contributed by atoms with Gasteiger partial charge in [-0.05, 0) is 68.7 Å². The zero-order valence-corrected chi connectivity index (χ0v) is 18.1. The molecule has 0 aromatic heterocycles. The first-order chi connectivity index (χ1) is 15.2. The van der Waals surface area contributed by atoms with Crippen molar-refractivity contribution in [3.05, 3.63) is 96.0 Å². The van der Waals surface area contributed by atoms with Gasteiger partial charge in [0.1, 0.15) is 11.5 Å². The van der Waals surface area contributed by atoms with Gasteiger partial charge in [-0.1, -0.05) is 72.3 Å². The number of hydrogen-bond donors (Lipinski definition) is 0. The molecule has 0 aliphatic heterocycles. The zero-order chi connectivity index (χ0) is 21.4. The fourth-order valence-corrected chi connectivity index (χ4v) is 4.58. The lowest BCUT2D eigenvalue weighted by atomic mass is 9.86. The van der Waals surface area contributed by atoms with Crippen molar-refractivity contribution in [3.8, 4) is 33.8 Å². The summed E-state index contributed by atoms with van der Waals surface area (Å²) < 4.78 is 10.7. The predicted molar refractivity (Wildman–Crippen MR) is 130 cm³/mol. The van der Waals surface area contributed by atoms with E-state index in [0.717, 1.165) is 44.0 Å². The van der Waals surface area contributed by atoms with E-state index in [0.29, 0.717) is 0 Å². The second-order valence-electron chi connectivity index (χ2n) is 7.41. The third-order valence-electron chi connectivity index (χ3n) is 5.76. The van der Waals surface area contributed by atoms with Crippen LogP contribution in [0, 0.1) is 0 Å². The minimum atomic E-state index is 0.740. The Balaban J connectivity index is 1.92. The van der Waals surface area contributed by atoms with E-state index >= 15 is 0 Å². The molecule has 2 nitrogen and oxygen atoms in total. The molecule has 5 aromatic rings. The van der Waals surface area contributed by atoms with Crippen LogP contribution in [0.4, 0.5) is 0 Å². The maximum Gasteiger partial charge on any atom is 0.118 e. The first kappa shape index (κ1) is 19.5. The third-order valence-corrected chi connectivity index (χ3v) is 6.07. The van der Waals surface area contributed by atoms with Crippen LogP contribution in [0.3, 0.4) is 0 Å². The van der Waals surface area contributed by atoms with Crippen molar-refractivity contribution >= 4 is 33.1 Å². The average molecular weight is 425 g/mol. The predicted octanol–water partition coefficient (Wildman–Crippen LogP) is 8.00. The van der Waals surface area contributed by atoms with E-state index in [4.69, 9.17) is 21.1 Å². The van der Waals surface area contributed by atoms with Gasteiger partial charge in [0.15, 0.2) is 0 Å². The molecule has 0 heterocycles. The molecular weight excluding hydrogens is 404 g/mol. The van der Waals surface area contributed by atoms with Crippen molar-refractivity contribution in [2.75, 3.05) is 14.2 Å². The van der Waals surface area contributed by atoms with Crippen molar-refractivity contribution in [3.63, 3.8) is 0 Å². The lowest BCUT2D eigenvalue weighted by Gasteiger charge is -2.19. The Kier molecular flexibility index (Phi) is 5.01. The molecule has 5 rings (SSSR count). The van der Waals surface area contributed by atoms with Crippen LogP contribution in [0.5, 0.6) is 11.5 Å². The highest BCUT2D eigenvalue weighted by Gasteiger charge is 2.18. The molecule has 0 atom stereocenters. The number of rotatable bonds is 4. The number of methoxy groups -OCH3 is 2. The number of benzene rings is 5. The molecule has 0 spiro atoms. The lowest BCUT2D eigenvalue weighted by Crippen LogP contribution is -1.92. The van der Waals surface area contributed by atoms with Gasteiger partial charge in [0.25, 0.3) is 0 Å². The standard InChI is InChI=1S/C28H21ClO2/c1-30-20-14-10-18(11-15-20)26-22-6-3-4-7-23(22)27(19-12-16-21(31-2)17-13-19)28-24(26)8-5-9-25(28)29/h3-17H,1-2H3. The van der Waals surface area contributed by atoms with Gasteiger partial charge in [0, 0.05) is 10.4 Å². The summed E-state index contributed by atoms with van der Waals surface area (Å²) in [5.74, 6) is 1.67. The summed E-state index contributed by atoms with van der Waals surface area (Å²) in [6.07, 6.45) is 0. The van der Waals surface area contributed by atoms with Gasteiger partial charge >= 0.3 is 0 Å². The first-order valence-corrected chi connectivity index (χ1v) is 10.5. The molecule has 152 valence electrons. The Morgan fingerprint density at radius 3 is 1.55 bits per heavy atom. The van der Waals surface area contributed by atoms with Crippen molar-refractivity contribution in [2.24, 2.45) is 0 Å². The Morgan fingerprint density at radius 2 is 1.00 bits per heavy atom. The number of halogens is 1. The third kappa shape index (κ3) is 3.30. The molecule has 0 amide bonds. The second-order valence-corrected chi connectivity index (χ2v) is 7.82. The zero-order valence-electron chi connectivity index (χ0n) is 17.4. The van der Waals surface area contributed by atoms with Gasteiger partial charge in [0.05, 0.1) is 14.2 Å². The van der Waals surface area contributed by atoms with E-state index in [-0.39, 0.29) is 0 Å². The normalized spacial score (nSPS) is 11.1. The summed E-state index contributed by atoms with van der Waals surface area (Å²) in [7, 11) is 3.36. The molecule has 0 fully saturated rings. The number of ether oxygens (including phenoxy) is 2. The maximum atomic E-state index is 6.83. The monoisotopic (exact) mass is 424 g/mol. The fraction of sp³-hybridized carbons (Fsp3) is 0.0714. The second kappa shape index (κ2) is 7.98. The Hall–Kier alpha value is -3.49. The number of fused-ring (bicyclic) bond motifs is 2. The molecule has 5 aromatic carbocycles. The van der Waals surface area contributed by atoms with E-state index in [1.54, 1.807) is 14.2 Å². The molecule has 0 saturated heterocycles. The smallest absolute Gasteiger partial charge is 0.118 e. The minimum Gasteiger partial charge on any atom is -0.497 e. The maximum absolute atomic E-state index is 6.83. The van der Waals surface area contributed by atoms with Gasteiger partial charge in [-0.2, -0.15) is 0 Å². The van der Waals surface area contributed by atoms with Gasteiger partial charge < -0.3 is 9.47 Å². The van der Waals surface area contributed by atoms with Crippen molar-refractivity contribution in [1.82, 2.24) is 0 Å². The highest BCUT2D eigenvalue weighted by Crippen LogP contribution is 2.46. The van der Waals surface area contributed by atoms with E-state index < -0.39 is 0 Å². The van der Waals surface area contributed by atoms with Crippen LogP contribution in [0.25, 0.3) is 43.8 Å². The lowest BCUT2D eigenvalue weighted by molar-refractivity contribution is 0.415. The van der Waals surface area contributed by atoms with E-state index in [2.05, 4.69) is 54.6 Å². The first-order valence-electron chi connectivity index (χ1n) is 10.1. The van der Waals surface area contributed by atoms with E-state index in [9.17, 15) is 0 Å². The van der Waals surface area contributed by atoms with Crippen LogP contribution in [0.1, 0.15) is 0 Å². The van der Waals surface area contributed by atoms with Gasteiger partial charge in [0.2, 0.25) is 0 Å². The van der Waals surface area contributed by atoms with Crippen LogP contribution in [-0.2, 0) is 0 Å². The Bertz CT molecular complexity index is 1390. The molecule has 0 unspecified atom stereocenters. The Morgan fingerprint density at radius 1 is 0.516 bits per heavy atom. The molecule has 0 N–H and O–H groups in total. The molecule has 0 radical (unpaired) electrons. The highest BCUT2D eigenvalue weighted by molar-refractivity contribution is 6.39. The summed E-state index contributed by atoms with van der Waals surface area (Å²) >= 11 is 6.83. The van der Waals surface area contributed by atoms with Crippen LogP contribution in [0.15, 0.2) is 91.0 Å². The van der Waals surface area contributed by atoms with Gasteiger partial charge in [-0.15, -0.1) is 0 Å². The molecule has 0 aliphatic carbocycles. The highest BCUT2D eigenvalue weighted by atomic mass is 35.5. The molecule has 3 heteroatoms.